The molecule has 0 bridgehead atoms. The van der Waals surface area contributed by atoms with Crippen molar-refractivity contribution >= 4 is 5.91 Å². The Morgan fingerprint density at radius 3 is 3.19 bits per heavy atom. The lowest BCUT2D eigenvalue weighted by Gasteiger charge is -2.31. The molecule has 0 aromatic carbocycles. The Morgan fingerprint density at radius 1 is 1.62 bits per heavy atom. The molecule has 88 valence electrons. The van der Waals surface area contributed by atoms with E-state index in [-0.39, 0.29) is 5.91 Å². The summed E-state index contributed by atoms with van der Waals surface area (Å²) in [5.41, 5.74) is 0. The minimum atomic E-state index is 0.226. The lowest BCUT2D eigenvalue weighted by molar-refractivity contribution is -0.132. The van der Waals surface area contributed by atoms with E-state index in [4.69, 9.17) is 0 Å². The van der Waals surface area contributed by atoms with Crippen molar-refractivity contribution < 1.29 is 4.79 Å². The highest BCUT2D eigenvalue weighted by Crippen LogP contribution is 2.02. The van der Waals surface area contributed by atoms with Gasteiger partial charge in [-0.1, -0.05) is 0 Å². The van der Waals surface area contributed by atoms with Crippen LogP contribution < -0.4 is 5.32 Å². The highest BCUT2D eigenvalue weighted by Gasteiger charge is 2.19. The predicted molar refractivity (Wildman–Crippen MR) is 60.9 cm³/mol. The molecule has 0 spiro atoms. The first-order valence-electron chi connectivity index (χ1n) is 5.74. The fourth-order valence-electron chi connectivity index (χ4n) is 1.96. The van der Waals surface area contributed by atoms with Gasteiger partial charge in [0.15, 0.2) is 0 Å². The average Bonchev–Trinajstić information content (AvgIpc) is 2.78. The smallest absolute Gasteiger partial charge is 0.224 e. The number of piperazine rings is 1. The van der Waals surface area contributed by atoms with Crippen LogP contribution in [0.15, 0.2) is 18.5 Å². The van der Waals surface area contributed by atoms with Gasteiger partial charge in [-0.25, -0.2) is 0 Å². The maximum atomic E-state index is 11.9. The lowest BCUT2D eigenvalue weighted by Crippen LogP contribution is -2.51. The van der Waals surface area contributed by atoms with Crippen molar-refractivity contribution in [2.45, 2.75) is 25.9 Å². The molecule has 0 saturated carbocycles. The Hall–Kier alpha value is -1.36. The first-order chi connectivity index (χ1) is 7.75. The molecule has 1 amide bonds. The second-order valence-electron chi connectivity index (χ2n) is 4.21. The van der Waals surface area contributed by atoms with Crippen molar-refractivity contribution in [3.63, 3.8) is 0 Å². The molecule has 1 aliphatic rings. The maximum absolute atomic E-state index is 11.9. The Labute approximate surface area is 95.4 Å². The van der Waals surface area contributed by atoms with Gasteiger partial charge in [-0.15, -0.1) is 0 Å². The number of amides is 1. The molecule has 16 heavy (non-hydrogen) atoms. The number of nitrogens with zero attached hydrogens (tertiary/aromatic N) is 3. The van der Waals surface area contributed by atoms with Crippen LogP contribution in [0.4, 0.5) is 0 Å². The zero-order valence-electron chi connectivity index (χ0n) is 9.59. The van der Waals surface area contributed by atoms with E-state index in [1.165, 1.54) is 0 Å². The van der Waals surface area contributed by atoms with Crippen molar-refractivity contribution in [3.8, 4) is 0 Å². The summed E-state index contributed by atoms with van der Waals surface area (Å²) in [5.74, 6) is 0.226. The van der Waals surface area contributed by atoms with Crippen LogP contribution in [0.5, 0.6) is 0 Å². The highest BCUT2D eigenvalue weighted by molar-refractivity contribution is 5.76. The summed E-state index contributed by atoms with van der Waals surface area (Å²) in [4.78, 5) is 13.8. The normalized spacial score (nSPS) is 21.1. The summed E-state index contributed by atoms with van der Waals surface area (Å²) in [6, 6.07) is 2.28. The zero-order chi connectivity index (χ0) is 11.4. The molecular formula is C11H18N4O. The molecule has 1 aromatic heterocycles. The molecule has 1 atom stereocenters. The Kier molecular flexibility index (Phi) is 3.56. The highest BCUT2D eigenvalue weighted by atomic mass is 16.2. The molecule has 1 N–H and O–H groups in total. The topological polar surface area (TPSA) is 50.2 Å². The molecule has 2 rings (SSSR count). The van der Waals surface area contributed by atoms with Crippen LogP contribution in [0.2, 0.25) is 0 Å². The number of hydrogen-bond acceptors (Lipinski definition) is 3. The summed E-state index contributed by atoms with van der Waals surface area (Å²) in [7, 11) is 0. The fourth-order valence-corrected chi connectivity index (χ4v) is 1.96. The third kappa shape index (κ3) is 2.82. The van der Waals surface area contributed by atoms with Crippen molar-refractivity contribution in [2.75, 3.05) is 19.6 Å². The summed E-state index contributed by atoms with van der Waals surface area (Å²) in [6.45, 7) is 5.31. The summed E-state index contributed by atoms with van der Waals surface area (Å²) >= 11 is 0. The van der Waals surface area contributed by atoms with Gasteiger partial charge >= 0.3 is 0 Å². The SMILES string of the molecule is CC1CN(C(=O)CCn2cccn2)CCN1. The van der Waals surface area contributed by atoms with Gasteiger partial charge in [0.05, 0.1) is 0 Å². The first kappa shape index (κ1) is 11.1. The van der Waals surface area contributed by atoms with Crippen LogP contribution in [0.1, 0.15) is 13.3 Å². The zero-order valence-corrected chi connectivity index (χ0v) is 9.59. The van der Waals surface area contributed by atoms with E-state index in [1.54, 1.807) is 10.9 Å². The van der Waals surface area contributed by atoms with Crippen molar-refractivity contribution in [1.82, 2.24) is 20.0 Å². The van der Waals surface area contributed by atoms with E-state index in [0.717, 1.165) is 19.6 Å². The van der Waals surface area contributed by atoms with E-state index in [1.807, 2.05) is 17.2 Å². The van der Waals surface area contributed by atoms with Crippen LogP contribution in [-0.2, 0) is 11.3 Å². The minimum Gasteiger partial charge on any atom is -0.340 e. The van der Waals surface area contributed by atoms with Crippen LogP contribution in [0.3, 0.4) is 0 Å². The second kappa shape index (κ2) is 5.12. The quantitative estimate of drug-likeness (QED) is 0.788. The minimum absolute atomic E-state index is 0.226. The van der Waals surface area contributed by atoms with Crippen LogP contribution in [0.25, 0.3) is 0 Å². The molecule has 0 aliphatic carbocycles. The molecule has 5 heteroatoms. The summed E-state index contributed by atoms with van der Waals surface area (Å²) < 4.78 is 1.80. The van der Waals surface area contributed by atoms with Gasteiger partial charge in [0, 0.05) is 51.0 Å². The molecule has 0 radical (unpaired) electrons. The van der Waals surface area contributed by atoms with Crippen LogP contribution in [-0.4, -0.2) is 46.3 Å². The van der Waals surface area contributed by atoms with Gasteiger partial charge in [0.1, 0.15) is 0 Å². The Balaban J connectivity index is 1.79. The fraction of sp³-hybridized carbons (Fsp3) is 0.636. The number of carbonyl (C=O) groups is 1. The lowest BCUT2D eigenvalue weighted by atomic mass is 10.2. The van der Waals surface area contributed by atoms with Crippen molar-refractivity contribution in [3.05, 3.63) is 18.5 Å². The predicted octanol–water partition coefficient (Wildman–Crippen LogP) is 0.0935. The first-order valence-corrected chi connectivity index (χ1v) is 5.74. The third-order valence-electron chi connectivity index (χ3n) is 2.84. The molecular weight excluding hydrogens is 204 g/mol. The molecule has 5 nitrogen and oxygen atoms in total. The molecule has 1 aromatic rings. The standard InChI is InChI=1S/C11H18N4O/c1-10-9-14(8-5-12-10)11(16)3-7-15-6-2-4-13-15/h2,4,6,10,12H,3,5,7-9H2,1H3. The van der Waals surface area contributed by atoms with Gasteiger partial charge in [0.25, 0.3) is 0 Å². The number of nitrogens with one attached hydrogen (secondary N) is 1. The largest absolute Gasteiger partial charge is 0.340 e. The number of hydrogen-bond donors (Lipinski definition) is 1. The van der Waals surface area contributed by atoms with E-state index >= 15 is 0 Å². The molecule has 2 heterocycles. The van der Waals surface area contributed by atoms with Gasteiger partial charge in [-0.3, -0.25) is 9.48 Å². The van der Waals surface area contributed by atoms with Crippen molar-refractivity contribution in [1.29, 1.82) is 0 Å². The Bertz CT molecular complexity index is 336. The average molecular weight is 222 g/mol. The Morgan fingerprint density at radius 2 is 2.50 bits per heavy atom. The van der Waals surface area contributed by atoms with Gasteiger partial charge in [-0.05, 0) is 13.0 Å². The molecule has 1 fully saturated rings. The van der Waals surface area contributed by atoms with E-state index in [0.29, 0.717) is 19.0 Å². The van der Waals surface area contributed by atoms with Gasteiger partial charge < -0.3 is 10.2 Å². The van der Waals surface area contributed by atoms with E-state index in [2.05, 4.69) is 17.3 Å². The van der Waals surface area contributed by atoms with Gasteiger partial charge in [0.2, 0.25) is 5.91 Å². The number of rotatable bonds is 3. The molecule has 1 saturated heterocycles. The second-order valence-corrected chi connectivity index (χ2v) is 4.21. The summed E-state index contributed by atoms with van der Waals surface area (Å²) in [5, 5.41) is 7.41. The number of aromatic nitrogens is 2. The van der Waals surface area contributed by atoms with Gasteiger partial charge in [-0.2, -0.15) is 5.10 Å². The molecule has 1 unspecified atom stereocenters. The van der Waals surface area contributed by atoms with E-state index in [9.17, 15) is 4.79 Å². The van der Waals surface area contributed by atoms with Crippen molar-refractivity contribution in [2.24, 2.45) is 0 Å². The monoisotopic (exact) mass is 222 g/mol. The molecule has 1 aliphatic heterocycles. The number of carbonyl (C=O) groups excluding carboxylic acids is 1. The maximum Gasteiger partial charge on any atom is 0.224 e. The van der Waals surface area contributed by atoms with E-state index < -0.39 is 0 Å². The number of aryl methyl sites for hydroxylation is 1. The third-order valence-corrected chi connectivity index (χ3v) is 2.84. The van der Waals surface area contributed by atoms with Crippen LogP contribution in [0, 0.1) is 0 Å². The van der Waals surface area contributed by atoms with Crippen LogP contribution >= 0.6 is 0 Å². The summed E-state index contributed by atoms with van der Waals surface area (Å²) in [6.07, 6.45) is 4.15.